The van der Waals surface area contributed by atoms with Crippen LogP contribution in [0.4, 0.5) is 5.88 Å². The molecule has 1 rings (SSSR count). The molecule has 1 aromatic heterocycles. The van der Waals surface area contributed by atoms with Crippen molar-refractivity contribution in [3.05, 3.63) is 6.07 Å². The quantitative estimate of drug-likeness (QED) is 0.749. The number of nitrogens with zero attached hydrogens (tertiary/aromatic N) is 1. The van der Waals surface area contributed by atoms with Gasteiger partial charge in [0.2, 0.25) is 5.88 Å². The van der Waals surface area contributed by atoms with Crippen LogP contribution in [0.2, 0.25) is 0 Å². The van der Waals surface area contributed by atoms with Crippen LogP contribution < -0.4 is 11.2 Å². The Labute approximate surface area is 81.9 Å². The lowest BCUT2D eigenvalue weighted by Gasteiger charge is -2.13. The van der Waals surface area contributed by atoms with Crippen molar-refractivity contribution in [1.82, 2.24) is 5.16 Å². The monoisotopic (exact) mass is 220 g/mol. The third kappa shape index (κ3) is 2.35. The summed E-state index contributed by atoms with van der Waals surface area (Å²) in [5.41, 5.74) is 5.42. The van der Waals surface area contributed by atoms with Crippen LogP contribution in [0, 0.1) is 0 Å². The summed E-state index contributed by atoms with van der Waals surface area (Å²) in [6, 6.07) is 1.34. The summed E-state index contributed by atoms with van der Waals surface area (Å²) in [6.07, 6.45) is 0. The van der Waals surface area contributed by atoms with Crippen molar-refractivity contribution < 1.29 is 18.1 Å². The molecule has 0 aliphatic carbocycles. The third-order valence-electron chi connectivity index (χ3n) is 1.39. The van der Waals surface area contributed by atoms with Crippen LogP contribution in [0.15, 0.2) is 10.6 Å². The largest absolute Gasteiger partial charge is 0.383 e. The second-order valence-corrected chi connectivity index (χ2v) is 4.39. The highest BCUT2D eigenvalue weighted by molar-refractivity contribution is 7.61. The fourth-order valence-electron chi connectivity index (χ4n) is 0.918. The minimum absolute atomic E-state index is 0.0830. The Morgan fingerprint density at radius 2 is 2.07 bits per heavy atom. The molecule has 6 nitrogen and oxygen atoms in total. The Morgan fingerprint density at radius 3 is 2.43 bits per heavy atom. The molecule has 0 amide bonds. The number of nitrogens with two attached hydrogens (primary N) is 1. The summed E-state index contributed by atoms with van der Waals surface area (Å²) < 4.78 is 26.7. The van der Waals surface area contributed by atoms with Crippen LogP contribution in [0.25, 0.3) is 0 Å². The smallest absolute Gasteiger partial charge is 0.368 e. The number of nitrogen functional groups attached to an aromatic ring is 1. The van der Waals surface area contributed by atoms with Gasteiger partial charge in [-0.15, -0.1) is 0 Å². The molecule has 0 saturated heterocycles. The molecule has 14 heavy (non-hydrogen) atoms. The number of aromatic nitrogens is 1. The van der Waals surface area contributed by atoms with Crippen molar-refractivity contribution in [3.8, 4) is 0 Å². The first-order chi connectivity index (χ1) is 6.62. The molecule has 0 unspecified atom stereocenters. The van der Waals surface area contributed by atoms with Gasteiger partial charge in [-0.3, -0.25) is 4.57 Å². The summed E-state index contributed by atoms with van der Waals surface area (Å²) in [6.45, 7) is 3.97. The van der Waals surface area contributed by atoms with E-state index in [0.717, 1.165) is 0 Å². The van der Waals surface area contributed by atoms with Gasteiger partial charge in [-0.2, -0.15) is 0 Å². The normalized spacial score (nSPS) is 11.9. The van der Waals surface area contributed by atoms with Gasteiger partial charge in [0.1, 0.15) is 0 Å². The topological polar surface area (TPSA) is 87.6 Å². The molecule has 1 heterocycles. The van der Waals surface area contributed by atoms with Crippen LogP contribution in [0.1, 0.15) is 13.8 Å². The Bertz CT molecular complexity index is 328. The van der Waals surface area contributed by atoms with Crippen molar-refractivity contribution in [2.45, 2.75) is 13.8 Å². The fourth-order valence-corrected chi connectivity index (χ4v) is 2.36. The van der Waals surface area contributed by atoms with Gasteiger partial charge in [0.05, 0.1) is 13.2 Å². The first-order valence-corrected chi connectivity index (χ1v) is 5.78. The summed E-state index contributed by atoms with van der Waals surface area (Å²) in [7, 11) is -3.34. The van der Waals surface area contributed by atoms with Gasteiger partial charge in [-0.05, 0) is 13.8 Å². The standard InChI is InChI=1S/C7H13N2O4P/c1-3-11-14(10,12-4-2)7-5-6(8)13-9-7/h5H,3-4,8H2,1-2H3. The molecule has 0 atom stereocenters. The molecule has 0 saturated carbocycles. The van der Waals surface area contributed by atoms with Gasteiger partial charge in [-0.1, -0.05) is 5.16 Å². The maximum absolute atomic E-state index is 12.0. The van der Waals surface area contributed by atoms with E-state index >= 15 is 0 Å². The molecule has 0 aliphatic rings. The van der Waals surface area contributed by atoms with E-state index in [0.29, 0.717) is 0 Å². The predicted molar refractivity (Wildman–Crippen MR) is 51.4 cm³/mol. The zero-order chi connectivity index (χ0) is 10.6. The second kappa shape index (κ2) is 4.59. The summed E-state index contributed by atoms with van der Waals surface area (Å²) in [5, 5.41) is 3.51. The van der Waals surface area contributed by atoms with E-state index in [1.54, 1.807) is 13.8 Å². The lowest BCUT2D eigenvalue weighted by atomic mass is 10.7. The number of hydrogen-bond acceptors (Lipinski definition) is 6. The van der Waals surface area contributed by atoms with E-state index in [9.17, 15) is 4.57 Å². The molecule has 0 fully saturated rings. The van der Waals surface area contributed by atoms with Crippen molar-refractivity contribution in [2.75, 3.05) is 18.9 Å². The summed E-state index contributed by atoms with van der Waals surface area (Å²) in [5.74, 6) is 0.0830. The Morgan fingerprint density at radius 1 is 1.50 bits per heavy atom. The number of rotatable bonds is 5. The molecular formula is C7H13N2O4P. The second-order valence-electron chi connectivity index (χ2n) is 2.42. The van der Waals surface area contributed by atoms with Crippen molar-refractivity contribution in [1.29, 1.82) is 0 Å². The number of hydrogen-bond donors (Lipinski definition) is 1. The third-order valence-corrected chi connectivity index (χ3v) is 3.36. The Balaban J connectivity index is 2.93. The van der Waals surface area contributed by atoms with Crippen LogP contribution in [0.5, 0.6) is 0 Å². The van der Waals surface area contributed by atoms with Gasteiger partial charge >= 0.3 is 7.60 Å². The van der Waals surface area contributed by atoms with Crippen LogP contribution in [-0.2, 0) is 13.6 Å². The first kappa shape index (κ1) is 11.2. The predicted octanol–water partition coefficient (Wildman–Crippen LogP) is 1.15. The van der Waals surface area contributed by atoms with Gasteiger partial charge in [0.25, 0.3) is 0 Å². The van der Waals surface area contributed by atoms with E-state index in [4.69, 9.17) is 14.8 Å². The SMILES string of the molecule is CCOP(=O)(OCC)c1cc(N)on1. The zero-order valence-electron chi connectivity index (χ0n) is 8.10. The molecule has 0 aromatic carbocycles. The average Bonchev–Trinajstić information content (AvgIpc) is 2.53. The molecular weight excluding hydrogens is 207 g/mol. The van der Waals surface area contributed by atoms with Gasteiger partial charge in [-0.25, -0.2) is 0 Å². The van der Waals surface area contributed by atoms with Gasteiger partial charge in [0, 0.05) is 6.07 Å². The van der Waals surface area contributed by atoms with Crippen LogP contribution in [0.3, 0.4) is 0 Å². The zero-order valence-corrected chi connectivity index (χ0v) is 8.99. The molecule has 1 aromatic rings. The summed E-state index contributed by atoms with van der Waals surface area (Å²) >= 11 is 0. The molecule has 0 radical (unpaired) electrons. The molecule has 80 valence electrons. The van der Waals surface area contributed by atoms with E-state index in [1.807, 2.05) is 0 Å². The maximum atomic E-state index is 12.0. The highest BCUT2D eigenvalue weighted by Gasteiger charge is 2.30. The highest BCUT2D eigenvalue weighted by atomic mass is 31.2. The van der Waals surface area contributed by atoms with Gasteiger partial charge < -0.3 is 19.3 Å². The fraction of sp³-hybridized carbons (Fsp3) is 0.571. The maximum Gasteiger partial charge on any atom is 0.383 e. The molecule has 7 heteroatoms. The summed E-state index contributed by atoms with van der Waals surface area (Å²) in [4.78, 5) is 0. The lowest BCUT2D eigenvalue weighted by Crippen LogP contribution is -2.11. The minimum atomic E-state index is -3.34. The van der Waals surface area contributed by atoms with E-state index in [2.05, 4.69) is 9.68 Å². The van der Waals surface area contributed by atoms with E-state index < -0.39 is 7.60 Å². The highest BCUT2D eigenvalue weighted by Crippen LogP contribution is 2.46. The molecule has 2 N–H and O–H groups in total. The van der Waals surface area contributed by atoms with E-state index in [1.165, 1.54) is 6.07 Å². The van der Waals surface area contributed by atoms with Gasteiger partial charge in [0.15, 0.2) is 5.44 Å². The Hall–Kier alpha value is -0.840. The van der Waals surface area contributed by atoms with E-state index in [-0.39, 0.29) is 24.5 Å². The van der Waals surface area contributed by atoms with Crippen molar-refractivity contribution in [2.24, 2.45) is 0 Å². The Kier molecular flexibility index (Phi) is 3.69. The average molecular weight is 220 g/mol. The number of anilines is 1. The molecule has 0 bridgehead atoms. The molecule has 0 spiro atoms. The minimum Gasteiger partial charge on any atom is -0.368 e. The lowest BCUT2D eigenvalue weighted by molar-refractivity contribution is 0.228. The molecule has 0 aliphatic heterocycles. The van der Waals surface area contributed by atoms with Crippen LogP contribution in [-0.4, -0.2) is 18.4 Å². The first-order valence-electron chi connectivity index (χ1n) is 4.24. The van der Waals surface area contributed by atoms with Crippen molar-refractivity contribution >= 4 is 18.9 Å². The van der Waals surface area contributed by atoms with Crippen molar-refractivity contribution in [3.63, 3.8) is 0 Å². The van der Waals surface area contributed by atoms with Crippen LogP contribution >= 0.6 is 7.60 Å².